The van der Waals surface area contributed by atoms with Gasteiger partial charge in [0, 0.05) is 12.0 Å². The van der Waals surface area contributed by atoms with Crippen molar-refractivity contribution in [2.45, 2.75) is 44.9 Å². The molecule has 2 rings (SSSR count). The van der Waals surface area contributed by atoms with E-state index in [0.717, 1.165) is 24.9 Å². The maximum Gasteiger partial charge on any atom is 0.422 e. The summed E-state index contributed by atoms with van der Waals surface area (Å²) in [6, 6.07) is 6.42. The Bertz CT molecular complexity index is 552. The molecule has 0 spiro atoms. The van der Waals surface area contributed by atoms with E-state index in [1.165, 1.54) is 12.1 Å². The van der Waals surface area contributed by atoms with Crippen molar-refractivity contribution in [3.8, 4) is 5.75 Å². The lowest BCUT2D eigenvalue weighted by molar-refractivity contribution is -0.153. The molecule has 0 bridgehead atoms. The molecule has 4 nitrogen and oxygen atoms in total. The van der Waals surface area contributed by atoms with Gasteiger partial charge in [0.2, 0.25) is 5.91 Å². The average Bonchev–Trinajstić information content (AvgIpc) is 2.52. The summed E-state index contributed by atoms with van der Waals surface area (Å²) in [6.07, 6.45) is -2.73. The fraction of sp³-hybridized carbons (Fsp3) is 0.588. The molecule has 1 fully saturated rings. The molecule has 25 heavy (non-hydrogen) atoms. The zero-order valence-electron chi connectivity index (χ0n) is 14.2. The second kappa shape index (κ2) is 9.29. The van der Waals surface area contributed by atoms with Gasteiger partial charge in [-0.15, -0.1) is 12.4 Å². The average molecular weight is 381 g/mol. The SMILES string of the molecule is CC(NC(=O)[C@H]1CCN[C@@H](C)C1)c1ccc(OCC(F)(F)F)cc1.Cl. The van der Waals surface area contributed by atoms with Gasteiger partial charge in [-0.2, -0.15) is 13.2 Å². The molecule has 1 unspecified atom stereocenters. The summed E-state index contributed by atoms with van der Waals surface area (Å²) in [5, 5.41) is 6.28. The Balaban J connectivity index is 0.00000312. The number of hydrogen-bond acceptors (Lipinski definition) is 3. The van der Waals surface area contributed by atoms with Gasteiger partial charge in [-0.3, -0.25) is 4.79 Å². The highest BCUT2D eigenvalue weighted by molar-refractivity contribution is 5.85. The molecule has 1 aliphatic heterocycles. The number of amides is 1. The van der Waals surface area contributed by atoms with E-state index in [4.69, 9.17) is 0 Å². The van der Waals surface area contributed by atoms with Crippen LogP contribution in [0.4, 0.5) is 13.2 Å². The Morgan fingerprint density at radius 2 is 2.00 bits per heavy atom. The second-order valence-corrected chi connectivity index (χ2v) is 6.28. The third kappa shape index (κ3) is 7.12. The number of carbonyl (C=O) groups is 1. The zero-order chi connectivity index (χ0) is 17.7. The van der Waals surface area contributed by atoms with Gasteiger partial charge in [-0.1, -0.05) is 12.1 Å². The molecule has 3 atom stereocenters. The maximum absolute atomic E-state index is 12.3. The van der Waals surface area contributed by atoms with Crippen LogP contribution in [0.25, 0.3) is 0 Å². The fourth-order valence-corrected chi connectivity index (χ4v) is 2.80. The van der Waals surface area contributed by atoms with E-state index >= 15 is 0 Å². The summed E-state index contributed by atoms with van der Waals surface area (Å²) in [7, 11) is 0. The van der Waals surface area contributed by atoms with Crippen LogP contribution in [0, 0.1) is 5.92 Å². The summed E-state index contributed by atoms with van der Waals surface area (Å²) in [5.74, 6) is 0.174. The van der Waals surface area contributed by atoms with E-state index in [2.05, 4.69) is 22.3 Å². The third-order valence-corrected chi connectivity index (χ3v) is 4.14. The molecule has 1 aliphatic rings. The first-order valence-corrected chi connectivity index (χ1v) is 8.08. The van der Waals surface area contributed by atoms with E-state index < -0.39 is 12.8 Å². The molecular weight excluding hydrogens is 357 g/mol. The minimum absolute atomic E-state index is 0. The van der Waals surface area contributed by atoms with Crippen LogP contribution in [-0.4, -0.2) is 31.3 Å². The van der Waals surface area contributed by atoms with Crippen molar-refractivity contribution in [2.75, 3.05) is 13.2 Å². The number of ether oxygens (including phenoxy) is 1. The van der Waals surface area contributed by atoms with Gasteiger partial charge in [-0.25, -0.2) is 0 Å². The van der Waals surface area contributed by atoms with Crippen molar-refractivity contribution in [2.24, 2.45) is 5.92 Å². The normalized spacial score (nSPS) is 21.8. The van der Waals surface area contributed by atoms with Crippen molar-refractivity contribution in [3.63, 3.8) is 0 Å². The van der Waals surface area contributed by atoms with Gasteiger partial charge >= 0.3 is 6.18 Å². The number of alkyl halides is 3. The number of nitrogens with one attached hydrogen (secondary N) is 2. The number of halogens is 4. The van der Waals surface area contributed by atoms with Gasteiger partial charge in [0.15, 0.2) is 6.61 Å². The highest BCUT2D eigenvalue weighted by atomic mass is 35.5. The van der Waals surface area contributed by atoms with E-state index in [0.29, 0.717) is 6.04 Å². The molecule has 1 aromatic carbocycles. The van der Waals surface area contributed by atoms with Crippen LogP contribution in [0.2, 0.25) is 0 Å². The summed E-state index contributed by atoms with van der Waals surface area (Å²) < 4.78 is 41.0. The van der Waals surface area contributed by atoms with E-state index in [1.807, 2.05) is 6.92 Å². The van der Waals surface area contributed by atoms with Crippen LogP contribution in [0.15, 0.2) is 24.3 Å². The molecule has 8 heteroatoms. The quantitative estimate of drug-likeness (QED) is 0.820. The first-order valence-electron chi connectivity index (χ1n) is 8.08. The molecular formula is C17H24ClF3N2O2. The lowest BCUT2D eigenvalue weighted by atomic mass is 9.92. The number of hydrogen-bond donors (Lipinski definition) is 2. The van der Waals surface area contributed by atoms with Crippen LogP contribution < -0.4 is 15.4 Å². The van der Waals surface area contributed by atoms with Crippen LogP contribution in [-0.2, 0) is 4.79 Å². The Labute approximate surface area is 151 Å². The molecule has 1 heterocycles. The highest BCUT2D eigenvalue weighted by Gasteiger charge is 2.28. The molecule has 1 aromatic rings. The monoisotopic (exact) mass is 380 g/mol. The minimum atomic E-state index is -4.36. The molecule has 0 aromatic heterocycles. The van der Waals surface area contributed by atoms with E-state index in [9.17, 15) is 18.0 Å². The van der Waals surface area contributed by atoms with Crippen molar-refractivity contribution >= 4 is 18.3 Å². The largest absolute Gasteiger partial charge is 0.484 e. The number of carbonyl (C=O) groups excluding carboxylic acids is 1. The summed E-state index contributed by atoms with van der Waals surface area (Å²) >= 11 is 0. The summed E-state index contributed by atoms with van der Waals surface area (Å²) in [6.45, 7) is 3.43. The standard InChI is InChI=1S/C17H23F3N2O2.ClH/c1-11-9-14(7-8-21-11)16(23)22-12(2)13-3-5-15(6-4-13)24-10-17(18,19)20;/h3-6,11-12,14,21H,7-10H2,1-2H3,(H,22,23);1H/t11-,12?,14-;/m0./s1. The fourth-order valence-electron chi connectivity index (χ4n) is 2.80. The van der Waals surface area contributed by atoms with E-state index in [1.54, 1.807) is 12.1 Å². The van der Waals surface area contributed by atoms with Crippen LogP contribution in [0.3, 0.4) is 0 Å². The van der Waals surface area contributed by atoms with Gasteiger partial charge in [0.05, 0.1) is 6.04 Å². The highest BCUT2D eigenvalue weighted by Crippen LogP contribution is 2.22. The van der Waals surface area contributed by atoms with Crippen molar-refractivity contribution in [3.05, 3.63) is 29.8 Å². The molecule has 2 N–H and O–H groups in total. The van der Waals surface area contributed by atoms with Crippen molar-refractivity contribution in [1.82, 2.24) is 10.6 Å². The summed E-state index contributed by atoms with van der Waals surface area (Å²) in [5.41, 5.74) is 0.824. The topological polar surface area (TPSA) is 50.4 Å². The number of piperidine rings is 1. The molecule has 0 aliphatic carbocycles. The molecule has 0 radical (unpaired) electrons. The van der Waals surface area contributed by atoms with Gasteiger partial charge < -0.3 is 15.4 Å². The molecule has 0 saturated carbocycles. The second-order valence-electron chi connectivity index (χ2n) is 6.28. The van der Waals surface area contributed by atoms with Crippen molar-refractivity contribution in [1.29, 1.82) is 0 Å². The van der Waals surface area contributed by atoms with Gasteiger partial charge in [-0.05, 0) is 50.9 Å². The van der Waals surface area contributed by atoms with Crippen LogP contribution in [0.1, 0.15) is 38.3 Å². The van der Waals surface area contributed by atoms with Crippen LogP contribution >= 0.6 is 12.4 Å². The smallest absolute Gasteiger partial charge is 0.422 e. The Morgan fingerprint density at radius 1 is 1.36 bits per heavy atom. The first-order chi connectivity index (χ1) is 11.2. The molecule has 1 amide bonds. The summed E-state index contributed by atoms with van der Waals surface area (Å²) in [4.78, 5) is 12.3. The Morgan fingerprint density at radius 3 is 2.56 bits per heavy atom. The molecule has 1 saturated heterocycles. The van der Waals surface area contributed by atoms with Crippen molar-refractivity contribution < 1.29 is 22.7 Å². The molecule has 142 valence electrons. The first kappa shape index (κ1) is 21.6. The van der Waals surface area contributed by atoms with Gasteiger partial charge in [0.25, 0.3) is 0 Å². The Kier molecular flexibility index (Phi) is 8.02. The number of benzene rings is 1. The predicted molar refractivity (Wildman–Crippen MR) is 92.0 cm³/mol. The Hall–Kier alpha value is -1.47. The zero-order valence-corrected chi connectivity index (χ0v) is 15.0. The lowest BCUT2D eigenvalue weighted by Crippen LogP contribution is -2.42. The van der Waals surface area contributed by atoms with E-state index in [-0.39, 0.29) is 36.0 Å². The minimum Gasteiger partial charge on any atom is -0.484 e. The number of rotatable bonds is 5. The van der Waals surface area contributed by atoms with Crippen LogP contribution in [0.5, 0.6) is 5.75 Å². The maximum atomic E-state index is 12.3. The predicted octanol–water partition coefficient (Wildman–Crippen LogP) is 3.61. The lowest BCUT2D eigenvalue weighted by Gasteiger charge is -2.28. The van der Waals surface area contributed by atoms with Gasteiger partial charge in [0.1, 0.15) is 5.75 Å². The third-order valence-electron chi connectivity index (χ3n) is 4.14.